The summed E-state index contributed by atoms with van der Waals surface area (Å²) in [6, 6.07) is 10.7. The minimum atomic E-state index is -1.09. The maximum Gasteiger partial charge on any atom is 0.325 e. The van der Waals surface area contributed by atoms with Gasteiger partial charge in [0.1, 0.15) is 12.4 Å². The molecule has 1 fully saturated rings. The fraction of sp³-hybridized carbons (Fsp3) is 0.312. The largest absolute Gasteiger partial charge is 0.480 e. The Morgan fingerprint density at radius 1 is 1.12 bits per heavy atom. The van der Waals surface area contributed by atoms with Gasteiger partial charge < -0.3 is 14.9 Å². The Hall–Kier alpha value is -2.54. The molecule has 1 aliphatic heterocycles. The van der Waals surface area contributed by atoms with Gasteiger partial charge in [0.2, 0.25) is 0 Å². The number of carboxylic acids is 1. The molecule has 8 heteroatoms. The van der Waals surface area contributed by atoms with Crippen molar-refractivity contribution in [3.05, 3.63) is 51.8 Å². The summed E-state index contributed by atoms with van der Waals surface area (Å²) < 4.78 is 0.973. The van der Waals surface area contributed by atoms with Crippen molar-refractivity contribution in [1.82, 2.24) is 9.78 Å². The van der Waals surface area contributed by atoms with Crippen LogP contribution in [0.15, 0.2) is 41.2 Å². The van der Waals surface area contributed by atoms with Gasteiger partial charge in [-0.3, -0.25) is 9.59 Å². The smallest absolute Gasteiger partial charge is 0.325 e. The number of aromatic nitrogens is 2. The molecule has 24 heavy (non-hydrogen) atoms. The molecular weight excluding hydrogens is 332 g/mol. The first-order chi connectivity index (χ1) is 11.5. The zero-order valence-corrected chi connectivity index (χ0v) is 13.7. The number of nitrogens with zero attached hydrogens (tertiary/aromatic N) is 4. The molecule has 1 N–H and O–H groups in total. The van der Waals surface area contributed by atoms with Gasteiger partial charge in [0.25, 0.3) is 5.56 Å². The van der Waals surface area contributed by atoms with Crippen molar-refractivity contribution < 1.29 is 9.90 Å². The first-order valence-electron chi connectivity index (χ1n) is 7.58. The number of rotatable bonds is 4. The van der Waals surface area contributed by atoms with E-state index in [-0.39, 0.29) is 0 Å². The maximum absolute atomic E-state index is 11.7. The fourth-order valence-electron chi connectivity index (χ4n) is 2.71. The van der Waals surface area contributed by atoms with Crippen LogP contribution in [-0.2, 0) is 11.3 Å². The second kappa shape index (κ2) is 6.92. The Kier molecular flexibility index (Phi) is 4.71. The van der Waals surface area contributed by atoms with Gasteiger partial charge in [0.05, 0.1) is 0 Å². The van der Waals surface area contributed by atoms with Crippen molar-refractivity contribution in [3.63, 3.8) is 0 Å². The van der Waals surface area contributed by atoms with Crippen LogP contribution >= 0.6 is 11.6 Å². The number of carbonyl (C=O) groups is 1. The van der Waals surface area contributed by atoms with Crippen LogP contribution in [-0.4, -0.2) is 47.0 Å². The molecule has 7 nitrogen and oxygen atoms in total. The van der Waals surface area contributed by atoms with Gasteiger partial charge in [-0.1, -0.05) is 17.7 Å². The van der Waals surface area contributed by atoms with Crippen LogP contribution in [0.1, 0.15) is 0 Å². The molecule has 126 valence electrons. The van der Waals surface area contributed by atoms with E-state index in [2.05, 4.69) is 10.00 Å². The first kappa shape index (κ1) is 16.3. The molecule has 0 unspecified atom stereocenters. The molecule has 1 saturated heterocycles. The highest BCUT2D eigenvalue weighted by molar-refractivity contribution is 6.30. The molecule has 0 saturated carbocycles. The average molecular weight is 349 g/mol. The van der Waals surface area contributed by atoms with Gasteiger partial charge in [-0.05, 0) is 24.3 Å². The maximum atomic E-state index is 11.7. The molecular formula is C16H17ClN4O3. The van der Waals surface area contributed by atoms with E-state index < -0.39 is 18.1 Å². The van der Waals surface area contributed by atoms with E-state index in [1.54, 1.807) is 6.07 Å². The number of carboxylic acid groups (broad SMARTS) is 1. The normalized spacial score (nSPS) is 14.7. The van der Waals surface area contributed by atoms with Crippen molar-refractivity contribution in [2.45, 2.75) is 6.54 Å². The third-order valence-corrected chi connectivity index (χ3v) is 4.15. The minimum Gasteiger partial charge on any atom is -0.480 e. The number of aliphatic carboxylic acids is 1. The van der Waals surface area contributed by atoms with Crippen LogP contribution in [0.3, 0.4) is 0 Å². The third kappa shape index (κ3) is 3.68. The van der Waals surface area contributed by atoms with Gasteiger partial charge in [0, 0.05) is 43.0 Å². The summed E-state index contributed by atoms with van der Waals surface area (Å²) >= 11 is 6.03. The van der Waals surface area contributed by atoms with Crippen molar-refractivity contribution >= 4 is 29.1 Å². The van der Waals surface area contributed by atoms with Gasteiger partial charge in [0.15, 0.2) is 0 Å². The van der Waals surface area contributed by atoms with Crippen molar-refractivity contribution in [2.75, 3.05) is 36.0 Å². The summed E-state index contributed by atoms with van der Waals surface area (Å²) in [6.45, 7) is 2.60. The van der Waals surface area contributed by atoms with Crippen LogP contribution < -0.4 is 15.4 Å². The molecule has 0 radical (unpaired) electrons. The lowest BCUT2D eigenvalue weighted by Crippen LogP contribution is -2.47. The first-order valence-corrected chi connectivity index (χ1v) is 7.96. The molecule has 1 aromatic carbocycles. The zero-order valence-electron chi connectivity index (χ0n) is 12.9. The SMILES string of the molecule is O=C(O)Cn1nc(N2CCN(c3cccc(Cl)c3)CC2)ccc1=O. The van der Waals surface area contributed by atoms with Crippen LogP contribution in [0.5, 0.6) is 0 Å². The lowest BCUT2D eigenvalue weighted by atomic mass is 10.2. The van der Waals surface area contributed by atoms with E-state index >= 15 is 0 Å². The zero-order chi connectivity index (χ0) is 17.1. The molecule has 1 aliphatic rings. The topological polar surface area (TPSA) is 78.7 Å². The molecule has 2 aromatic rings. The van der Waals surface area contributed by atoms with Crippen LogP contribution in [0, 0.1) is 0 Å². The Morgan fingerprint density at radius 3 is 2.50 bits per heavy atom. The summed E-state index contributed by atoms with van der Waals surface area (Å²) in [4.78, 5) is 26.7. The van der Waals surface area contributed by atoms with Crippen molar-refractivity contribution in [1.29, 1.82) is 0 Å². The molecule has 0 aliphatic carbocycles. The summed E-state index contributed by atoms with van der Waals surface area (Å²) in [5.41, 5.74) is 0.657. The summed E-state index contributed by atoms with van der Waals surface area (Å²) in [6.07, 6.45) is 0. The molecule has 1 aromatic heterocycles. The highest BCUT2D eigenvalue weighted by Gasteiger charge is 2.19. The summed E-state index contributed by atoms with van der Waals surface area (Å²) in [5.74, 6) is -0.478. The van der Waals surface area contributed by atoms with Gasteiger partial charge >= 0.3 is 5.97 Å². The quantitative estimate of drug-likeness (QED) is 0.897. The van der Waals surface area contributed by atoms with E-state index in [4.69, 9.17) is 16.7 Å². The van der Waals surface area contributed by atoms with E-state index in [1.165, 1.54) is 6.07 Å². The molecule has 0 bridgehead atoms. The standard InChI is InChI=1S/C16H17ClN4O3/c17-12-2-1-3-13(10-12)19-6-8-20(9-7-19)14-4-5-15(22)21(18-14)11-16(23)24/h1-5,10H,6-9,11H2,(H,23,24). The predicted molar refractivity (Wildman–Crippen MR) is 92.0 cm³/mol. The van der Waals surface area contributed by atoms with E-state index in [1.807, 2.05) is 29.2 Å². The number of piperazine rings is 1. The Labute approximate surface area is 143 Å². The van der Waals surface area contributed by atoms with Gasteiger partial charge in [-0.15, -0.1) is 0 Å². The number of benzene rings is 1. The molecule has 0 atom stereocenters. The Balaban J connectivity index is 1.70. The highest BCUT2D eigenvalue weighted by atomic mass is 35.5. The van der Waals surface area contributed by atoms with Gasteiger partial charge in [-0.25, -0.2) is 4.68 Å². The van der Waals surface area contributed by atoms with E-state index in [9.17, 15) is 9.59 Å². The third-order valence-electron chi connectivity index (χ3n) is 3.91. The number of hydrogen-bond donors (Lipinski definition) is 1. The Morgan fingerprint density at radius 2 is 1.83 bits per heavy atom. The number of halogens is 1. The van der Waals surface area contributed by atoms with Crippen LogP contribution in [0.2, 0.25) is 5.02 Å². The van der Waals surface area contributed by atoms with Crippen LogP contribution in [0.4, 0.5) is 11.5 Å². The number of hydrogen-bond acceptors (Lipinski definition) is 5. The van der Waals surface area contributed by atoms with Crippen molar-refractivity contribution in [3.8, 4) is 0 Å². The fourth-order valence-corrected chi connectivity index (χ4v) is 2.90. The average Bonchev–Trinajstić information content (AvgIpc) is 2.57. The van der Waals surface area contributed by atoms with E-state index in [0.29, 0.717) is 10.8 Å². The summed E-state index contributed by atoms with van der Waals surface area (Å²) in [5, 5.41) is 13.7. The molecule has 0 spiro atoms. The van der Waals surface area contributed by atoms with Crippen LogP contribution in [0.25, 0.3) is 0 Å². The second-order valence-corrected chi connectivity index (χ2v) is 5.97. The highest BCUT2D eigenvalue weighted by Crippen LogP contribution is 2.21. The monoisotopic (exact) mass is 348 g/mol. The van der Waals surface area contributed by atoms with Gasteiger partial charge in [-0.2, -0.15) is 5.10 Å². The molecule has 0 amide bonds. The molecule has 3 rings (SSSR count). The predicted octanol–water partition coefficient (Wildman–Crippen LogP) is 1.31. The lowest BCUT2D eigenvalue weighted by Gasteiger charge is -2.36. The Bertz CT molecular complexity index is 800. The van der Waals surface area contributed by atoms with E-state index in [0.717, 1.165) is 36.5 Å². The lowest BCUT2D eigenvalue weighted by molar-refractivity contribution is -0.138. The minimum absolute atomic E-state index is 0.418. The van der Waals surface area contributed by atoms with Crippen molar-refractivity contribution in [2.24, 2.45) is 0 Å². The summed E-state index contributed by atoms with van der Waals surface area (Å²) in [7, 11) is 0. The number of anilines is 2. The molecule has 2 heterocycles. The second-order valence-electron chi connectivity index (χ2n) is 5.54.